The number of hydrogen-bond donors (Lipinski definition) is 0. The minimum absolute atomic E-state index is 0.577. The highest BCUT2D eigenvalue weighted by molar-refractivity contribution is 5.16. The van der Waals surface area contributed by atoms with Crippen LogP contribution in [0.5, 0.6) is 0 Å². The highest BCUT2D eigenvalue weighted by Crippen LogP contribution is 2.15. The van der Waals surface area contributed by atoms with Crippen LogP contribution in [0.2, 0.25) is 0 Å². The lowest BCUT2D eigenvalue weighted by atomic mass is 9.96. The second kappa shape index (κ2) is 9.78. The van der Waals surface area contributed by atoms with Crippen molar-refractivity contribution in [2.45, 2.75) is 32.1 Å². The van der Waals surface area contributed by atoms with E-state index < -0.39 is 0 Å². The van der Waals surface area contributed by atoms with E-state index in [0.717, 1.165) is 25.7 Å². The van der Waals surface area contributed by atoms with Gasteiger partial charge >= 0.3 is 0 Å². The van der Waals surface area contributed by atoms with Crippen molar-refractivity contribution < 1.29 is 0 Å². The Balaban J connectivity index is 1.67. The molecule has 22 heavy (non-hydrogen) atoms. The van der Waals surface area contributed by atoms with E-state index in [9.17, 15) is 0 Å². The van der Waals surface area contributed by atoms with Crippen LogP contribution in [0.25, 0.3) is 0 Å². The molecule has 0 aliphatic rings. The van der Waals surface area contributed by atoms with E-state index in [1.54, 1.807) is 0 Å². The van der Waals surface area contributed by atoms with Gasteiger partial charge in [0.1, 0.15) is 0 Å². The van der Waals surface area contributed by atoms with Crippen LogP contribution in [0.3, 0.4) is 0 Å². The topological polar surface area (TPSA) is 0 Å². The molecular weight excluding hydrogens is 264 g/mol. The quantitative estimate of drug-likeness (QED) is 0.497. The van der Waals surface area contributed by atoms with E-state index in [2.05, 4.69) is 85.5 Å². The smallest absolute Gasteiger partial charge is 0.0198 e. The van der Waals surface area contributed by atoms with Crippen LogP contribution in [0.15, 0.2) is 85.5 Å². The molecule has 0 saturated heterocycles. The highest BCUT2D eigenvalue weighted by atomic mass is 14.1. The number of aryl methyl sites for hydroxylation is 2. The highest BCUT2D eigenvalue weighted by Gasteiger charge is 2.02. The van der Waals surface area contributed by atoms with Crippen LogP contribution in [0.1, 0.15) is 30.4 Å². The van der Waals surface area contributed by atoms with E-state index in [4.69, 9.17) is 0 Å². The Hall–Kier alpha value is -2.08. The zero-order chi connectivity index (χ0) is 15.5. The van der Waals surface area contributed by atoms with Gasteiger partial charge < -0.3 is 0 Å². The van der Waals surface area contributed by atoms with Gasteiger partial charge in [0.05, 0.1) is 0 Å². The van der Waals surface area contributed by atoms with Crippen molar-refractivity contribution in [3.05, 3.63) is 96.6 Å². The maximum Gasteiger partial charge on any atom is -0.0198 e. The van der Waals surface area contributed by atoms with Crippen LogP contribution in [0.4, 0.5) is 0 Å². The molecule has 1 unspecified atom stereocenters. The normalized spacial score (nSPS) is 12.4. The Bertz CT molecular complexity index is 551. The maximum absolute atomic E-state index is 3.99. The molecule has 0 nitrogen and oxygen atoms in total. The summed E-state index contributed by atoms with van der Waals surface area (Å²) in [5.74, 6) is 0.577. The molecule has 0 bridgehead atoms. The SMILES string of the molecule is C=CC(C/C=C/CCc1ccccc1)CCc1ccccc1. The fourth-order valence-corrected chi connectivity index (χ4v) is 2.61. The monoisotopic (exact) mass is 290 g/mol. The Kier molecular flexibility index (Phi) is 7.25. The first-order valence-electron chi connectivity index (χ1n) is 8.24. The molecule has 0 aliphatic carbocycles. The van der Waals surface area contributed by atoms with Gasteiger partial charge in [-0.25, -0.2) is 0 Å². The van der Waals surface area contributed by atoms with Gasteiger partial charge in [0.15, 0.2) is 0 Å². The third-order valence-corrected chi connectivity index (χ3v) is 4.03. The third-order valence-electron chi connectivity index (χ3n) is 4.03. The lowest BCUT2D eigenvalue weighted by Gasteiger charge is -2.09. The Labute approximate surface area is 135 Å². The number of allylic oxidation sites excluding steroid dienone is 3. The summed E-state index contributed by atoms with van der Waals surface area (Å²) in [5.41, 5.74) is 2.83. The molecule has 0 fully saturated rings. The van der Waals surface area contributed by atoms with Crippen LogP contribution in [-0.4, -0.2) is 0 Å². The molecule has 2 rings (SSSR count). The molecule has 0 saturated carbocycles. The molecular formula is C22H26. The summed E-state index contributed by atoms with van der Waals surface area (Å²) < 4.78 is 0. The Morgan fingerprint density at radius 1 is 0.773 bits per heavy atom. The predicted octanol–water partition coefficient (Wildman–Crippen LogP) is 6.00. The van der Waals surface area contributed by atoms with E-state index >= 15 is 0 Å². The fraction of sp³-hybridized carbons (Fsp3) is 0.273. The summed E-state index contributed by atoms with van der Waals surface area (Å²) in [4.78, 5) is 0. The van der Waals surface area contributed by atoms with Gasteiger partial charge in [0.25, 0.3) is 0 Å². The van der Waals surface area contributed by atoms with E-state index in [-0.39, 0.29) is 0 Å². The summed E-state index contributed by atoms with van der Waals surface area (Å²) in [6.07, 6.45) is 12.4. The average molecular weight is 290 g/mol. The van der Waals surface area contributed by atoms with Crippen molar-refractivity contribution in [2.75, 3.05) is 0 Å². The zero-order valence-corrected chi connectivity index (χ0v) is 13.3. The fourth-order valence-electron chi connectivity index (χ4n) is 2.61. The summed E-state index contributed by atoms with van der Waals surface area (Å²) in [5, 5.41) is 0. The van der Waals surface area contributed by atoms with Gasteiger partial charge in [-0.15, -0.1) is 6.58 Å². The van der Waals surface area contributed by atoms with Crippen molar-refractivity contribution in [1.29, 1.82) is 0 Å². The molecule has 0 N–H and O–H groups in total. The molecule has 1 atom stereocenters. The largest absolute Gasteiger partial charge is 0.103 e. The van der Waals surface area contributed by atoms with Gasteiger partial charge in [0.2, 0.25) is 0 Å². The van der Waals surface area contributed by atoms with Gasteiger partial charge in [-0.1, -0.05) is 78.9 Å². The van der Waals surface area contributed by atoms with Gasteiger partial charge in [-0.05, 0) is 49.1 Å². The summed E-state index contributed by atoms with van der Waals surface area (Å²) in [6, 6.07) is 21.4. The van der Waals surface area contributed by atoms with E-state index in [0.29, 0.717) is 5.92 Å². The van der Waals surface area contributed by atoms with Gasteiger partial charge in [-0.3, -0.25) is 0 Å². The first-order chi connectivity index (χ1) is 10.9. The van der Waals surface area contributed by atoms with Crippen molar-refractivity contribution in [1.82, 2.24) is 0 Å². The minimum atomic E-state index is 0.577. The average Bonchev–Trinajstić information content (AvgIpc) is 2.59. The third kappa shape index (κ3) is 6.13. The number of rotatable bonds is 9. The van der Waals surface area contributed by atoms with Crippen LogP contribution in [0, 0.1) is 5.92 Å². The summed E-state index contributed by atoms with van der Waals surface area (Å²) in [7, 11) is 0. The molecule has 0 heteroatoms. The predicted molar refractivity (Wildman–Crippen MR) is 97.0 cm³/mol. The standard InChI is InChI=1S/C22H26/c1-2-20(18-19-22-16-10-5-11-17-22)12-6-3-7-13-21-14-8-4-9-15-21/h2-6,8-11,14-17,20H,1,7,12-13,18-19H2/b6-3+. The Morgan fingerprint density at radius 2 is 1.36 bits per heavy atom. The van der Waals surface area contributed by atoms with Crippen molar-refractivity contribution >= 4 is 0 Å². The van der Waals surface area contributed by atoms with E-state index in [1.165, 1.54) is 17.5 Å². The minimum Gasteiger partial charge on any atom is -0.103 e. The summed E-state index contributed by atoms with van der Waals surface area (Å²) >= 11 is 0. The first-order valence-corrected chi connectivity index (χ1v) is 8.24. The maximum atomic E-state index is 3.99. The molecule has 114 valence electrons. The lowest BCUT2D eigenvalue weighted by Crippen LogP contribution is -1.97. The van der Waals surface area contributed by atoms with Crippen molar-refractivity contribution in [3.8, 4) is 0 Å². The van der Waals surface area contributed by atoms with Crippen molar-refractivity contribution in [3.63, 3.8) is 0 Å². The molecule has 0 radical (unpaired) electrons. The zero-order valence-electron chi connectivity index (χ0n) is 13.3. The van der Waals surface area contributed by atoms with E-state index in [1.807, 2.05) is 0 Å². The van der Waals surface area contributed by atoms with Crippen LogP contribution >= 0.6 is 0 Å². The number of hydrogen-bond acceptors (Lipinski definition) is 0. The molecule has 2 aromatic rings. The molecule has 0 aromatic heterocycles. The molecule has 0 amide bonds. The van der Waals surface area contributed by atoms with Gasteiger partial charge in [-0.2, -0.15) is 0 Å². The molecule has 0 spiro atoms. The second-order valence-electron chi connectivity index (χ2n) is 5.75. The summed E-state index contributed by atoms with van der Waals surface area (Å²) in [6.45, 7) is 3.99. The van der Waals surface area contributed by atoms with Gasteiger partial charge in [0, 0.05) is 0 Å². The molecule has 0 aliphatic heterocycles. The van der Waals surface area contributed by atoms with Crippen LogP contribution < -0.4 is 0 Å². The van der Waals surface area contributed by atoms with Crippen LogP contribution in [-0.2, 0) is 12.8 Å². The lowest BCUT2D eigenvalue weighted by molar-refractivity contribution is 0.599. The Morgan fingerprint density at radius 3 is 1.95 bits per heavy atom. The molecule has 2 aromatic carbocycles. The first kappa shape index (κ1) is 16.3. The second-order valence-corrected chi connectivity index (χ2v) is 5.75. The molecule has 0 heterocycles. The van der Waals surface area contributed by atoms with Crippen molar-refractivity contribution in [2.24, 2.45) is 5.92 Å². The number of benzene rings is 2.